The van der Waals surface area contributed by atoms with Crippen molar-refractivity contribution >= 4 is 11.7 Å². The molecule has 1 fully saturated rings. The molecule has 0 unspecified atom stereocenters. The number of rotatable bonds is 4. The maximum absolute atomic E-state index is 11.3. The maximum Gasteiger partial charge on any atom is 0.338 e. The van der Waals surface area contributed by atoms with Gasteiger partial charge in [0, 0.05) is 11.8 Å². The lowest BCUT2D eigenvalue weighted by Crippen LogP contribution is -2.05. The fourth-order valence-electron chi connectivity index (χ4n) is 1.44. The zero-order valence-electron chi connectivity index (χ0n) is 9.23. The molecule has 1 saturated carbocycles. The minimum absolute atomic E-state index is 0.399. The first-order valence-electron chi connectivity index (χ1n) is 5.30. The molecule has 0 atom stereocenters. The van der Waals surface area contributed by atoms with E-state index in [0.717, 1.165) is 0 Å². The van der Waals surface area contributed by atoms with Crippen molar-refractivity contribution < 1.29 is 14.3 Å². The second kappa shape index (κ2) is 4.43. The highest BCUT2D eigenvalue weighted by Crippen LogP contribution is 2.30. The minimum Gasteiger partial charge on any atom is -0.493 e. The van der Waals surface area contributed by atoms with Crippen LogP contribution >= 0.6 is 0 Å². The average molecular weight is 221 g/mol. The summed E-state index contributed by atoms with van der Waals surface area (Å²) in [7, 11) is 1.34. The molecule has 1 aromatic rings. The van der Waals surface area contributed by atoms with Crippen molar-refractivity contribution in [3.05, 3.63) is 23.8 Å². The standard InChI is InChI=1S/C12H15NO3/c1-15-12(14)9-4-10(13)6-11(5-9)16-7-8-2-3-8/h4-6,8H,2-3,7,13H2,1H3. The van der Waals surface area contributed by atoms with Crippen molar-refractivity contribution in [2.24, 2.45) is 5.92 Å². The van der Waals surface area contributed by atoms with Crippen molar-refractivity contribution in [1.29, 1.82) is 0 Å². The Morgan fingerprint density at radius 1 is 1.44 bits per heavy atom. The quantitative estimate of drug-likeness (QED) is 0.622. The Hall–Kier alpha value is -1.71. The highest BCUT2D eigenvalue weighted by atomic mass is 16.5. The molecular weight excluding hydrogens is 206 g/mol. The summed E-state index contributed by atoms with van der Waals surface area (Å²) in [6.07, 6.45) is 2.46. The van der Waals surface area contributed by atoms with Crippen LogP contribution in [0.1, 0.15) is 23.2 Å². The molecule has 2 N–H and O–H groups in total. The van der Waals surface area contributed by atoms with E-state index in [1.165, 1.54) is 20.0 Å². The van der Waals surface area contributed by atoms with Gasteiger partial charge in [-0.3, -0.25) is 0 Å². The van der Waals surface area contributed by atoms with Crippen LogP contribution in [0.5, 0.6) is 5.75 Å². The molecular formula is C12H15NO3. The number of nitrogen functional groups attached to an aromatic ring is 1. The SMILES string of the molecule is COC(=O)c1cc(N)cc(OCC2CC2)c1. The van der Waals surface area contributed by atoms with Gasteiger partial charge in [-0.25, -0.2) is 4.79 Å². The Labute approximate surface area is 94.3 Å². The Bertz CT molecular complexity index is 399. The number of ether oxygens (including phenoxy) is 2. The molecule has 0 amide bonds. The number of methoxy groups -OCH3 is 1. The van der Waals surface area contributed by atoms with Crippen LogP contribution in [0, 0.1) is 5.92 Å². The molecule has 0 saturated heterocycles. The maximum atomic E-state index is 11.3. The van der Waals surface area contributed by atoms with E-state index in [9.17, 15) is 4.79 Å². The van der Waals surface area contributed by atoms with Crippen molar-refractivity contribution in [1.82, 2.24) is 0 Å². The molecule has 16 heavy (non-hydrogen) atoms. The van der Waals surface area contributed by atoms with Gasteiger partial charge in [0.25, 0.3) is 0 Å². The van der Waals surface area contributed by atoms with E-state index >= 15 is 0 Å². The number of benzene rings is 1. The van der Waals surface area contributed by atoms with Crippen LogP contribution in [0.25, 0.3) is 0 Å². The number of hydrogen-bond acceptors (Lipinski definition) is 4. The molecule has 1 aromatic carbocycles. The van der Waals surface area contributed by atoms with Crippen molar-refractivity contribution in [2.45, 2.75) is 12.8 Å². The Morgan fingerprint density at radius 3 is 2.81 bits per heavy atom. The van der Waals surface area contributed by atoms with E-state index in [1.807, 2.05) is 0 Å². The summed E-state index contributed by atoms with van der Waals surface area (Å²) in [6, 6.07) is 4.95. The van der Waals surface area contributed by atoms with Gasteiger partial charge in [-0.15, -0.1) is 0 Å². The van der Waals surface area contributed by atoms with Crippen molar-refractivity contribution in [2.75, 3.05) is 19.5 Å². The molecule has 0 spiro atoms. The third kappa shape index (κ3) is 2.66. The van der Waals surface area contributed by atoms with E-state index in [-0.39, 0.29) is 0 Å². The fraction of sp³-hybridized carbons (Fsp3) is 0.417. The van der Waals surface area contributed by atoms with Gasteiger partial charge in [0.1, 0.15) is 5.75 Å². The number of nitrogens with two attached hydrogens (primary N) is 1. The second-order valence-corrected chi connectivity index (χ2v) is 4.04. The van der Waals surface area contributed by atoms with E-state index in [0.29, 0.717) is 29.5 Å². The molecule has 0 aliphatic heterocycles. The fourth-order valence-corrected chi connectivity index (χ4v) is 1.44. The predicted octanol–water partition coefficient (Wildman–Crippen LogP) is 1.84. The van der Waals surface area contributed by atoms with Crippen LogP contribution in [-0.4, -0.2) is 19.7 Å². The Kier molecular flexibility index (Phi) is 2.99. The summed E-state index contributed by atoms with van der Waals surface area (Å²) < 4.78 is 10.2. The Balaban J connectivity index is 2.10. The zero-order valence-corrected chi connectivity index (χ0v) is 9.23. The smallest absolute Gasteiger partial charge is 0.338 e. The topological polar surface area (TPSA) is 61.5 Å². The molecule has 4 nitrogen and oxygen atoms in total. The van der Waals surface area contributed by atoms with Gasteiger partial charge in [-0.05, 0) is 30.9 Å². The first-order valence-corrected chi connectivity index (χ1v) is 5.30. The molecule has 0 heterocycles. The van der Waals surface area contributed by atoms with E-state index in [1.54, 1.807) is 18.2 Å². The highest BCUT2D eigenvalue weighted by molar-refractivity contribution is 5.90. The molecule has 1 aliphatic carbocycles. The lowest BCUT2D eigenvalue weighted by molar-refractivity contribution is 0.0600. The summed E-state index contributed by atoms with van der Waals surface area (Å²) in [5.74, 6) is 0.902. The summed E-state index contributed by atoms with van der Waals surface area (Å²) >= 11 is 0. The van der Waals surface area contributed by atoms with Gasteiger partial charge >= 0.3 is 5.97 Å². The minimum atomic E-state index is -0.399. The van der Waals surface area contributed by atoms with E-state index < -0.39 is 5.97 Å². The van der Waals surface area contributed by atoms with Crippen molar-refractivity contribution in [3.8, 4) is 5.75 Å². The monoisotopic (exact) mass is 221 g/mol. The summed E-state index contributed by atoms with van der Waals surface area (Å²) in [6.45, 7) is 0.698. The van der Waals surface area contributed by atoms with Crippen LogP contribution in [0.2, 0.25) is 0 Å². The largest absolute Gasteiger partial charge is 0.493 e. The van der Waals surface area contributed by atoms with Crippen LogP contribution in [-0.2, 0) is 4.74 Å². The predicted molar refractivity (Wildman–Crippen MR) is 60.4 cm³/mol. The van der Waals surface area contributed by atoms with Crippen LogP contribution in [0.4, 0.5) is 5.69 Å². The van der Waals surface area contributed by atoms with Gasteiger partial charge in [0.2, 0.25) is 0 Å². The molecule has 0 aromatic heterocycles. The third-order valence-electron chi connectivity index (χ3n) is 2.53. The van der Waals surface area contributed by atoms with Gasteiger partial charge in [-0.2, -0.15) is 0 Å². The molecule has 86 valence electrons. The summed E-state index contributed by atoms with van der Waals surface area (Å²) in [5, 5.41) is 0. The number of anilines is 1. The number of esters is 1. The van der Waals surface area contributed by atoms with Crippen LogP contribution in [0.15, 0.2) is 18.2 Å². The van der Waals surface area contributed by atoms with E-state index in [2.05, 4.69) is 4.74 Å². The molecule has 1 aliphatic rings. The van der Waals surface area contributed by atoms with Gasteiger partial charge < -0.3 is 15.2 Å². The first-order chi connectivity index (χ1) is 7.69. The molecule has 4 heteroatoms. The number of carbonyl (C=O) groups is 1. The zero-order chi connectivity index (χ0) is 11.5. The normalized spacial score (nSPS) is 14.6. The number of hydrogen-bond donors (Lipinski definition) is 1. The van der Waals surface area contributed by atoms with Crippen molar-refractivity contribution in [3.63, 3.8) is 0 Å². The van der Waals surface area contributed by atoms with Gasteiger partial charge in [-0.1, -0.05) is 0 Å². The average Bonchev–Trinajstić information content (AvgIpc) is 3.08. The molecule has 2 rings (SSSR count). The van der Waals surface area contributed by atoms with Gasteiger partial charge in [0.15, 0.2) is 0 Å². The molecule has 0 radical (unpaired) electrons. The Morgan fingerprint density at radius 2 is 2.19 bits per heavy atom. The van der Waals surface area contributed by atoms with E-state index in [4.69, 9.17) is 10.5 Å². The third-order valence-corrected chi connectivity index (χ3v) is 2.53. The summed E-state index contributed by atoms with van der Waals surface area (Å²) in [5.41, 5.74) is 6.62. The highest BCUT2D eigenvalue weighted by Gasteiger charge is 2.22. The second-order valence-electron chi connectivity index (χ2n) is 4.04. The molecule has 0 bridgehead atoms. The lowest BCUT2D eigenvalue weighted by atomic mass is 10.2. The number of carbonyl (C=O) groups excluding carboxylic acids is 1. The lowest BCUT2D eigenvalue weighted by Gasteiger charge is -2.08. The van der Waals surface area contributed by atoms with Gasteiger partial charge in [0.05, 0.1) is 19.3 Å². The van der Waals surface area contributed by atoms with Crippen LogP contribution in [0.3, 0.4) is 0 Å². The summed E-state index contributed by atoms with van der Waals surface area (Å²) in [4.78, 5) is 11.3. The first kappa shape index (κ1) is 10.8. The van der Waals surface area contributed by atoms with Crippen LogP contribution < -0.4 is 10.5 Å².